The zero-order valence-electron chi connectivity index (χ0n) is 8.54. The van der Waals surface area contributed by atoms with Crippen LogP contribution in [0.2, 0.25) is 0 Å². The molecular weight excluding hydrogens is 218 g/mol. The second-order valence-electron chi connectivity index (χ2n) is 3.29. The molecule has 0 spiro atoms. The molecule has 0 fully saturated rings. The van der Waals surface area contributed by atoms with Gasteiger partial charge in [-0.25, -0.2) is 8.78 Å². The van der Waals surface area contributed by atoms with E-state index in [1.54, 1.807) is 0 Å². The molecule has 0 heterocycles. The maximum atomic E-state index is 12.8. The quantitative estimate of drug-likeness (QED) is 0.819. The van der Waals surface area contributed by atoms with Crippen molar-refractivity contribution in [1.29, 1.82) is 0 Å². The number of primary amides is 1. The number of amides is 2. The molecule has 2 amide bonds. The fourth-order valence-electron chi connectivity index (χ4n) is 1.20. The van der Waals surface area contributed by atoms with Gasteiger partial charge in [0.2, 0.25) is 5.91 Å². The molecular formula is C10H10F2N2O2. The Morgan fingerprint density at radius 1 is 1.25 bits per heavy atom. The number of hydrogen-bond donors (Lipinski definition) is 1. The van der Waals surface area contributed by atoms with Crippen molar-refractivity contribution in [2.24, 2.45) is 5.73 Å². The summed E-state index contributed by atoms with van der Waals surface area (Å²) >= 11 is 0. The average Bonchev–Trinajstić information content (AvgIpc) is 2.13. The minimum absolute atomic E-state index is 0.166. The Hall–Kier alpha value is -1.98. The van der Waals surface area contributed by atoms with E-state index < -0.39 is 23.4 Å². The topological polar surface area (TPSA) is 63.4 Å². The predicted molar refractivity (Wildman–Crippen MR) is 52.5 cm³/mol. The number of carbonyl (C=O) groups excluding carboxylic acids is 2. The van der Waals surface area contributed by atoms with E-state index >= 15 is 0 Å². The van der Waals surface area contributed by atoms with Crippen LogP contribution in [0.4, 0.5) is 8.78 Å². The summed E-state index contributed by atoms with van der Waals surface area (Å²) in [4.78, 5) is 23.1. The van der Waals surface area contributed by atoms with Crippen molar-refractivity contribution in [2.75, 3.05) is 13.6 Å². The summed E-state index contributed by atoms with van der Waals surface area (Å²) < 4.78 is 25.6. The van der Waals surface area contributed by atoms with Crippen LogP contribution in [0.3, 0.4) is 0 Å². The van der Waals surface area contributed by atoms with E-state index in [2.05, 4.69) is 0 Å². The van der Waals surface area contributed by atoms with E-state index in [0.29, 0.717) is 6.07 Å². The van der Waals surface area contributed by atoms with Crippen molar-refractivity contribution in [1.82, 2.24) is 4.90 Å². The van der Waals surface area contributed by atoms with Crippen LogP contribution >= 0.6 is 0 Å². The highest BCUT2D eigenvalue weighted by Crippen LogP contribution is 2.09. The lowest BCUT2D eigenvalue weighted by Gasteiger charge is -2.14. The van der Waals surface area contributed by atoms with Crippen LogP contribution in [-0.2, 0) is 4.79 Å². The number of benzene rings is 1. The van der Waals surface area contributed by atoms with Gasteiger partial charge in [-0.3, -0.25) is 9.59 Å². The summed E-state index contributed by atoms with van der Waals surface area (Å²) in [6, 6.07) is 2.44. The fourth-order valence-corrected chi connectivity index (χ4v) is 1.20. The van der Waals surface area contributed by atoms with Gasteiger partial charge in [0, 0.05) is 18.7 Å². The Labute approximate surface area is 90.6 Å². The SMILES string of the molecule is CN(CC(N)=O)C(=O)c1cc(F)cc(F)c1. The highest BCUT2D eigenvalue weighted by molar-refractivity contribution is 5.96. The van der Waals surface area contributed by atoms with Crippen molar-refractivity contribution in [3.63, 3.8) is 0 Å². The van der Waals surface area contributed by atoms with Gasteiger partial charge >= 0.3 is 0 Å². The fraction of sp³-hybridized carbons (Fsp3) is 0.200. The predicted octanol–water partition coefficient (Wildman–Crippen LogP) is 0.522. The number of nitrogens with zero attached hydrogens (tertiary/aromatic N) is 1. The molecule has 0 atom stereocenters. The van der Waals surface area contributed by atoms with Gasteiger partial charge in [0.1, 0.15) is 11.6 Å². The first-order chi connectivity index (χ1) is 7.40. The van der Waals surface area contributed by atoms with Crippen molar-refractivity contribution >= 4 is 11.8 Å². The summed E-state index contributed by atoms with van der Waals surface area (Å²) in [5, 5.41) is 0. The molecule has 0 unspecified atom stereocenters. The number of hydrogen-bond acceptors (Lipinski definition) is 2. The monoisotopic (exact) mass is 228 g/mol. The molecule has 86 valence electrons. The van der Waals surface area contributed by atoms with Gasteiger partial charge in [-0.1, -0.05) is 0 Å². The Bertz CT molecular complexity index is 415. The molecule has 2 N–H and O–H groups in total. The summed E-state index contributed by atoms with van der Waals surface area (Å²) in [5.41, 5.74) is 4.72. The van der Waals surface area contributed by atoms with Gasteiger partial charge in [-0.2, -0.15) is 0 Å². The van der Waals surface area contributed by atoms with Crippen molar-refractivity contribution < 1.29 is 18.4 Å². The zero-order valence-corrected chi connectivity index (χ0v) is 8.54. The molecule has 0 saturated heterocycles. The van der Waals surface area contributed by atoms with E-state index in [9.17, 15) is 18.4 Å². The van der Waals surface area contributed by atoms with Crippen LogP contribution in [0.5, 0.6) is 0 Å². The van der Waals surface area contributed by atoms with Crippen LogP contribution in [0.1, 0.15) is 10.4 Å². The first-order valence-electron chi connectivity index (χ1n) is 4.40. The molecule has 4 nitrogen and oxygen atoms in total. The first kappa shape index (κ1) is 12.1. The van der Waals surface area contributed by atoms with Crippen LogP contribution in [-0.4, -0.2) is 30.3 Å². The highest BCUT2D eigenvalue weighted by atomic mass is 19.1. The molecule has 0 radical (unpaired) electrons. The summed E-state index contributed by atoms with van der Waals surface area (Å²) in [6.07, 6.45) is 0. The van der Waals surface area contributed by atoms with Gasteiger partial charge in [0.15, 0.2) is 0 Å². The van der Waals surface area contributed by atoms with Gasteiger partial charge in [0.25, 0.3) is 5.91 Å². The highest BCUT2D eigenvalue weighted by Gasteiger charge is 2.15. The van der Waals surface area contributed by atoms with E-state index in [0.717, 1.165) is 17.0 Å². The molecule has 1 rings (SSSR count). The third kappa shape index (κ3) is 3.01. The third-order valence-corrected chi connectivity index (χ3v) is 1.85. The second kappa shape index (κ2) is 4.69. The largest absolute Gasteiger partial charge is 0.368 e. The molecule has 0 bridgehead atoms. The standard InChI is InChI=1S/C10H10F2N2O2/c1-14(5-9(13)15)10(16)6-2-7(11)4-8(12)3-6/h2-4H,5H2,1H3,(H2,13,15). The van der Waals surface area contributed by atoms with Gasteiger partial charge in [0.05, 0.1) is 6.54 Å². The second-order valence-corrected chi connectivity index (χ2v) is 3.29. The van der Waals surface area contributed by atoms with Crippen molar-refractivity contribution in [2.45, 2.75) is 0 Å². The number of halogens is 2. The van der Waals surface area contributed by atoms with Crippen LogP contribution in [0.25, 0.3) is 0 Å². The summed E-state index contributed by atoms with van der Waals surface area (Å²) in [7, 11) is 1.32. The Morgan fingerprint density at radius 2 is 1.75 bits per heavy atom. The molecule has 0 saturated carbocycles. The van der Waals surface area contributed by atoms with Gasteiger partial charge in [-0.05, 0) is 12.1 Å². The maximum absolute atomic E-state index is 12.8. The van der Waals surface area contributed by atoms with Gasteiger partial charge < -0.3 is 10.6 Å². The number of carbonyl (C=O) groups is 2. The van der Waals surface area contributed by atoms with E-state index in [4.69, 9.17) is 5.73 Å². The van der Waals surface area contributed by atoms with Crippen LogP contribution < -0.4 is 5.73 Å². The van der Waals surface area contributed by atoms with Crippen molar-refractivity contribution in [3.8, 4) is 0 Å². The number of nitrogens with two attached hydrogens (primary N) is 1. The first-order valence-corrected chi connectivity index (χ1v) is 4.40. The molecule has 0 aromatic heterocycles. The van der Waals surface area contributed by atoms with Gasteiger partial charge in [-0.15, -0.1) is 0 Å². The normalized spacial score (nSPS) is 9.94. The maximum Gasteiger partial charge on any atom is 0.254 e. The smallest absolute Gasteiger partial charge is 0.254 e. The Balaban J connectivity index is 2.91. The molecule has 0 aliphatic heterocycles. The minimum Gasteiger partial charge on any atom is -0.368 e. The van der Waals surface area contributed by atoms with E-state index in [1.807, 2.05) is 0 Å². The lowest BCUT2D eigenvalue weighted by atomic mass is 10.2. The lowest BCUT2D eigenvalue weighted by molar-refractivity contribution is -0.118. The van der Waals surface area contributed by atoms with Crippen LogP contribution in [0, 0.1) is 11.6 Å². The summed E-state index contributed by atoms with van der Waals surface area (Å²) in [5.74, 6) is -3.07. The minimum atomic E-state index is -0.851. The Morgan fingerprint density at radius 3 is 2.19 bits per heavy atom. The number of rotatable bonds is 3. The summed E-state index contributed by atoms with van der Waals surface area (Å²) in [6.45, 7) is -0.309. The lowest BCUT2D eigenvalue weighted by Crippen LogP contribution is -2.35. The van der Waals surface area contributed by atoms with E-state index in [1.165, 1.54) is 7.05 Å². The van der Waals surface area contributed by atoms with Crippen LogP contribution in [0.15, 0.2) is 18.2 Å². The zero-order chi connectivity index (χ0) is 12.3. The molecule has 1 aromatic rings. The molecule has 0 aliphatic carbocycles. The molecule has 0 aliphatic rings. The molecule has 6 heteroatoms. The average molecular weight is 228 g/mol. The number of likely N-dealkylation sites (N-methyl/N-ethyl adjacent to an activating group) is 1. The Kier molecular flexibility index (Phi) is 3.55. The van der Waals surface area contributed by atoms with E-state index in [-0.39, 0.29) is 12.1 Å². The third-order valence-electron chi connectivity index (χ3n) is 1.85. The van der Waals surface area contributed by atoms with Crippen molar-refractivity contribution in [3.05, 3.63) is 35.4 Å². The molecule has 16 heavy (non-hydrogen) atoms. The molecule has 1 aromatic carbocycles.